The lowest BCUT2D eigenvalue weighted by Gasteiger charge is -2.35. The molecule has 1 aliphatic heterocycles. The summed E-state index contributed by atoms with van der Waals surface area (Å²) in [5, 5.41) is 0.632. The number of carbonyl (C=O) groups excluding carboxylic acids is 2. The molecule has 0 unspecified atom stereocenters. The van der Waals surface area contributed by atoms with Crippen LogP contribution in [0.15, 0.2) is 65.1 Å². The Balaban J connectivity index is 1.60. The van der Waals surface area contributed by atoms with Gasteiger partial charge in [-0.2, -0.15) is 0 Å². The largest absolute Gasteiger partial charge is 0.455 e. The first-order chi connectivity index (χ1) is 20.0. The maximum absolute atomic E-state index is 13.4. The molecule has 2 heterocycles. The number of amides is 1. The lowest BCUT2D eigenvalue weighted by Crippen LogP contribution is -2.40. The van der Waals surface area contributed by atoms with Gasteiger partial charge in [-0.1, -0.05) is 48.9 Å². The summed E-state index contributed by atoms with van der Waals surface area (Å²) < 4.78 is 46.4. The van der Waals surface area contributed by atoms with Crippen molar-refractivity contribution in [1.82, 2.24) is 4.90 Å². The molecule has 0 spiro atoms. The van der Waals surface area contributed by atoms with Crippen LogP contribution in [-0.4, -0.2) is 51.4 Å². The monoisotopic (exact) mass is 590 g/mol. The highest BCUT2D eigenvalue weighted by molar-refractivity contribution is 7.92. The number of carbonyl (C=O) groups is 2. The molecule has 1 fully saturated rings. The number of hydrogen-bond donors (Lipinski definition) is 0. The number of anilines is 1. The Bertz CT molecular complexity index is 1740. The number of aryl methyl sites for hydroxylation is 1. The normalized spacial score (nSPS) is 15.6. The van der Waals surface area contributed by atoms with Crippen LogP contribution in [0.3, 0.4) is 0 Å². The number of benzene rings is 3. The average molecular weight is 591 g/mol. The van der Waals surface area contributed by atoms with Gasteiger partial charge < -0.3 is 9.32 Å². The van der Waals surface area contributed by atoms with E-state index >= 15 is 0 Å². The Morgan fingerprint density at radius 3 is 2.40 bits per heavy atom. The van der Waals surface area contributed by atoms with Crippen LogP contribution < -0.4 is 4.31 Å². The number of halogens is 1. The molecule has 4 aromatic rings. The molecule has 220 valence electrons. The van der Waals surface area contributed by atoms with E-state index in [1.54, 1.807) is 30.0 Å². The van der Waals surface area contributed by atoms with Gasteiger partial charge in [0.25, 0.3) is 0 Å². The Hall–Kier alpha value is -3.98. The summed E-state index contributed by atoms with van der Waals surface area (Å²) in [6, 6.07) is 17.2. The summed E-state index contributed by atoms with van der Waals surface area (Å²) in [6.45, 7) is 4.77. The number of piperidine rings is 1. The lowest BCUT2D eigenvalue weighted by molar-refractivity contribution is -0.131. The van der Waals surface area contributed by atoms with E-state index < -0.39 is 10.0 Å². The van der Waals surface area contributed by atoms with Gasteiger partial charge in [-0.05, 0) is 49.1 Å². The first-order valence-corrected chi connectivity index (χ1v) is 16.0. The number of hydrogen-bond acceptors (Lipinski definition) is 5. The average Bonchev–Trinajstić information content (AvgIpc) is 3.35. The molecule has 0 aliphatic carbocycles. The molecule has 42 heavy (non-hydrogen) atoms. The minimum absolute atomic E-state index is 0.0701. The van der Waals surface area contributed by atoms with Crippen LogP contribution in [0, 0.1) is 12.7 Å². The van der Waals surface area contributed by atoms with Crippen LogP contribution in [0.25, 0.3) is 22.3 Å². The summed E-state index contributed by atoms with van der Waals surface area (Å²) in [5.74, 6) is -0.201. The van der Waals surface area contributed by atoms with Gasteiger partial charge in [-0.3, -0.25) is 13.9 Å². The van der Waals surface area contributed by atoms with Gasteiger partial charge in [-0.25, -0.2) is 12.8 Å². The van der Waals surface area contributed by atoms with Gasteiger partial charge in [0.2, 0.25) is 15.9 Å². The third kappa shape index (κ3) is 5.97. The Labute approximate surface area is 246 Å². The Morgan fingerprint density at radius 1 is 1.07 bits per heavy atom. The van der Waals surface area contributed by atoms with Crippen molar-refractivity contribution in [3.63, 3.8) is 0 Å². The number of rotatable bonds is 8. The number of ketones is 1. The third-order valence-corrected chi connectivity index (χ3v) is 9.26. The quantitative estimate of drug-likeness (QED) is 0.219. The van der Waals surface area contributed by atoms with E-state index in [1.807, 2.05) is 37.3 Å². The maximum atomic E-state index is 13.4. The molecule has 0 radical (unpaired) electrons. The third-order valence-electron chi connectivity index (χ3n) is 8.07. The van der Waals surface area contributed by atoms with Gasteiger partial charge in [0.1, 0.15) is 17.2 Å². The summed E-state index contributed by atoms with van der Waals surface area (Å²) in [6.07, 6.45) is 3.06. The predicted octanol–water partition coefficient (Wildman–Crippen LogP) is 6.48. The van der Waals surface area contributed by atoms with Gasteiger partial charge >= 0.3 is 0 Å². The molecule has 1 saturated heterocycles. The van der Waals surface area contributed by atoms with E-state index in [0.29, 0.717) is 41.1 Å². The molecular formula is C33H35FN2O5S. The smallest absolute Gasteiger partial charge is 0.232 e. The topological polar surface area (TPSA) is 87.9 Å². The van der Waals surface area contributed by atoms with E-state index in [4.69, 9.17) is 4.42 Å². The molecule has 0 saturated carbocycles. The van der Waals surface area contributed by atoms with Crippen LogP contribution in [0.1, 0.15) is 59.2 Å². The second-order valence-electron chi connectivity index (χ2n) is 11.1. The standard InChI is InChI=1S/C33H35FN2O5S/c1-5-29(37)32-27-18-26(24-7-6-16-36(20-24)31(38)17-22-10-14-25(34)15-11-22)28(35(3)42(4,39)40)19-30(27)41-33(32)23-12-8-21(2)9-13-23/h8-15,18-19,24H,5-7,16-17,20H2,1-4H3/t24-/m0/s1. The SMILES string of the molecule is CCC(=O)c1c(-c2ccc(C)cc2)oc2cc(N(C)S(C)(=O)=O)c([C@H]3CCCN(C(=O)Cc4ccc(F)cc4)C3)cc12. The predicted molar refractivity (Wildman–Crippen MR) is 163 cm³/mol. The highest BCUT2D eigenvalue weighted by Gasteiger charge is 2.31. The first kappa shape index (κ1) is 29.5. The second-order valence-corrected chi connectivity index (χ2v) is 13.1. The minimum atomic E-state index is -3.63. The van der Waals surface area contributed by atoms with E-state index in [0.717, 1.165) is 41.4 Å². The molecular weight excluding hydrogens is 555 g/mol. The Kier molecular flexibility index (Phi) is 8.23. The van der Waals surface area contributed by atoms with Crippen molar-refractivity contribution in [3.8, 4) is 11.3 Å². The van der Waals surface area contributed by atoms with Crippen molar-refractivity contribution < 1.29 is 26.8 Å². The molecule has 7 nitrogen and oxygen atoms in total. The molecule has 1 atom stereocenters. The van der Waals surface area contributed by atoms with Gasteiger partial charge in [0.05, 0.1) is 23.9 Å². The van der Waals surface area contributed by atoms with Crippen LogP contribution in [0.4, 0.5) is 10.1 Å². The fraction of sp³-hybridized carbons (Fsp3) is 0.333. The highest BCUT2D eigenvalue weighted by Crippen LogP contribution is 2.42. The maximum Gasteiger partial charge on any atom is 0.232 e. The first-order valence-electron chi connectivity index (χ1n) is 14.1. The van der Waals surface area contributed by atoms with E-state index in [1.165, 1.54) is 23.5 Å². The van der Waals surface area contributed by atoms with Crippen molar-refractivity contribution in [1.29, 1.82) is 0 Å². The second kappa shape index (κ2) is 11.7. The molecule has 9 heteroatoms. The zero-order valence-corrected chi connectivity index (χ0v) is 25.1. The molecule has 0 bridgehead atoms. The number of nitrogens with zero attached hydrogens (tertiary/aromatic N) is 2. The zero-order valence-electron chi connectivity index (χ0n) is 24.3. The summed E-state index contributed by atoms with van der Waals surface area (Å²) in [7, 11) is -2.13. The summed E-state index contributed by atoms with van der Waals surface area (Å²) in [4.78, 5) is 28.3. The zero-order chi connectivity index (χ0) is 30.2. The van der Waals surface area contributed by atoms with Crippen LogP contribution in [0.5, 0.6) is 0 Å². The Morgan fingerprint density at radius 2 is 1.76 bits per heavy atom. The molecule has 3 aromatic carbocycles. The van der Waals surface area contributed by atoms with Crippen LogP contribution in [0.2, 0.25) is 0 Å². The minimum Gasteiger partial charge on any atom is -0.455 e. The summed E-state index contributed by atoms with van der Waals surface area (Å²) >= 11 is 0. The highest BCUT2D eigenvalue weighted by atomic mass is 32.2. The van der Waals surface area contributed by atoms with Crippen LogP contribution >= 0.6 is 0 Å². The lowest BCUT2D eigenvalue weighted by atomic mass is 9.87. The van der Waals surface area contributed by atoms with Crippen molar-refractivity contribution in [3.05, 3.63) is 88.7 Å². The number of fused-ring (bicyclic) bond motifs is 1. The van der Waals surface area contributed by atoms with Crippen molar-refractivity contribution in [2.75, 3.05) is 30.7 Å². The van der Waals surface area contributed by atoms with Crippen molar-refractivity contribution in [2.45, 2.75) is 45.4 Å². The molecule has 1 aromatic heterocycles. The molecule has 5 rings (SSSR count). The van der Waals surface area contributed by atoms with Crippen LogP contribution in [-0.2, 0) is 21.2 Å². The molecule has 1 amide bonds. The summed E-state index contributed by atoms with van der Waals surface area (Å²) in [5.41, 5.74) is 4.69. The molecule has 0 N–H and O–H groups in total. The van der Waals surface area contributed by atoms with E-state index in [2.05, 4.69) is 0 Å². The van der Waals surface area contributed by atoms with Gasteiger partial charge in [0, 0.05) is 49.5 Å². The van der Waals surface area contributed by atoms with E-state index in [9.17, 15) is 22.4 Å². The van der Waals surface area contributed by atoms with E-state index in [-0.39, 0.29) is 36.3 Å². The van der Waals surface area contributed by atoms with Gasteiger partial charge in [0.15, 0.2) is 5.78 Å². The number of sulfonamides is 1. The fourth-order valence-corrected chi connectivity index (χ4v) is 6.15. The number of furan rings is 1. The fourth-order valence-electron chi connectivity index (χ4n) is 5.64. The number of likely N-dealkylation sites (tertiary alicyclic amines) is 1. The van der Waals surface area contributed by atoms with Crippen molar-refractivity contribution in [2.24, 2.45) is 0 Å². The number of Topliss-reactive ketones (excluding diaryl/α,β-unsaturated/α-hetero) is 1. The molecule has 1 aliphatic rings. The van der Waals surface area contributed by atoms with Gasteiger partial charge in [-0.15, -0.1) is 0 Å². The van der Waals surface area contributed by atoms with Crippen molar-refractivity contribution >= 4 is 38.4 Å².